The van der Waals surface area contributed by atoms with Crippen LogP contribution in [-0.4, -0.2) is 26.6 Å². The molecule has 0 radical (unpaired) electrons. The maximum atomic E-state index is 13.5. The van der Waals surface area contributed by atoms with Crippen molar-refractivity contribution >= 4 is 22.6 Å². The molecule has 0 saturated heterocycles. The number of hydrogen-bond acceptors (Lipinski definition) is 4. The van der Waals surface area contributed by atoms with Crippen LogP contribution in [0.15, 0.2) is 53.5 Å². The van der Waals surface area contributed by atoms with Crippen LogP contribution in [0.2, 0.25) is 0 Å². The van der Waals surface area contributed by atoms with Crippen LogP contribution in [-0.2, 0) is 6.54 Å². The highest BCUT2D eigenvalue weighted by Gasteiger charge is 2.47. The van der Waals surface area contributed by atoms with Gasteiger partial charge in [0.15, 0.2) is 5.82 Å². The standard InChI is InChI=1S/C26H25F2N5O2/c1-14-3-4-15(2)19(9-14)24(34)30-12-16-5-7-17(8-6-16)20-13-33(18-10-26(27,28)11-18)22-21(20)23(29)31-32-25(22)35/h3-9,13,18H,10-12H2,1-2H3,(H2,29,31)(H,30,34)(H,32,35). The van der Waals surface area contributed by atoms with Crippen LogP contribution in [0.4, 0.5) is 14.6 Å². The maximum Gasteiger partial charge on any atom is 0.288 e. The van der Waals surface area contributed by atoms with Gasteiger partial charge in [0.2, 0.25) is 0 Å². The lowest BCUT2D eigenvalue weighted by atomic mass is 9.88. The molecule has 35 heavy (non-hydrogen) atoms. The third-order valence-electron chi connectivity index (χ3n) is 6.60. The van der Waals surface area contributed by atoms with Crippen LogP contribution in [0.3, 0.4) is 0 Å². The van der Waals surface area contributed by atoms with Gasteiger partial charge in [0.05, 0.1) is 5.39 Å². The van der Waals surface area contributed by atoms with Crippen LogP contribution in [0.25, 0.3) is 22.0 Å². The second-order valence-corrected chi connectivity index (χ2v) is 9.23. The number of anilines is 1. The van der Waals surface area contributed by atoms with Crippen LogP contribution in [0.1, 0.15) is 45.9 Å². The quantitative estimate of drug-likeness (QED) is 0.394. The number of nitrogens with zero attached hydrogens (tertiary/aromatic N) is 2. The summed E-state index contributed by atoms with van der Waals surface area (Å²) in [5.41, 5.74) is 10.7. The number of nitrogens with one attached hydrogen (secondary N) is 2. The molecule has 1 fully saturated rings. The molecule has 7 nitrogen and oxygen atoms in total. The van der Waals surface area contributed by atoms with Crippen LogP contribution in [0.5, 0.6) is 0 Å². The Morgan fingerprint density at radius 2 is 1.91 bits per heavy atom. The predicted octanol–water partition coefficient (Wildman–Crippen LogP) is 4.49. The topological polar surface area (TPSA) is 106 Å². The summed E-state index contributed by atoms with van der Waals surface area (Å²) in [4.78, 5) is 25.2. The van der Waals surface area contributed by atoms with Gasteiger partial charge >= 0.3 is 0 Å². The molecule has 1 aliphatic carbocycles. The number of nitrogens with two attached hydrogens (primary N) is 1. The number of aryl methyl sites for hydroxylation is 2. The van der Waals surface area contributed by atoms with Gasteiger partial charge in [0.1, 0.15) is 5.52 Å². The minimum absolute atomic E-state index is 0.129. The number of aromatic nitrogens is 3. The lowest BCUT2D eigenvalue weighted by molar-refractivity contribution is -0.103. The summed E-state index contributed by atoms with van der Waals surface area (Å²) in [6, 6.07) is 12.7. The minimum Gasteiger partial charge on any atom is -0.382 e. The number of benzene rings is 2. The zero-order valence-electron chi connectivity index (χ0n) is 19.4. The molecule has 4 aromatic rings. The summed E-state index contributed by atoms with van der Waals surface area (Å²) in [6.45, 7) is 4.18. The molecule has 0 spiro atoms. The molecule has 0 unspecified atom stereocenters. The summed E-state index contributed by atoms with van der Waals surface area (Å²) in [7, 11) is 0. The van der Waals surface area contributed by atoms with Crippen molar-refractivity contribution in [1.82, 2.24) is 20.1 Å². The maximum absolute atomic E-state index is 13.5. The number of aromatic amines is 1. The molecule has 2 heterocycles. The molecule has 180 valence electrons. The van der Waals surface area contributed by atoms with E-state index in [9.17, 15) is 18.4 Å². The number of fused-ring (bicyclic) bond motifs is 1. The number of rotatable bonds is 5. The Bertz CT molecular complexity index is 1500. The second kappa shape index (κ2) is 8.33. The number of hydrogen-bond donors (Lipinski definition) is 3. The van der Waals surface area contributed by atoms with Gasteiger partial charge in [-0.15, -0.1) is 0 Å². The number of amides is 1. The number of H-pyrrole nitrogens is 1. The molecule has 0 aliphatic heterocycles. The largest absolute Gasteiger partial charge is 0.382 e. The normalized spacial score (nSPS) is 15.2. The van der Waals surface area contributed by atoms with Crippen molar-refractivity contribution in [2.24, 2.45) is 0 Å². The van der Waals surface area contributed by atoms with E-state index in [0.29, 0.717) is 23.1 Å². The summed E-state index contributed by atoms with van der Waals surface area (Å²) in [5, 5.41) is 9.61. The molecule has 0 bridgehead atoms. The molecule has 2 aromatic heterocycles. The Kier molecular flexibility index (Phi) is 5.42. The average Bonchev–Trinajstić information content (AvgIpc) is 3.22. The van der Waals surface area contributed by atoms with Crippen molar-refractivity contribution in [3.05, 3.63) is 81.3 Å². The number of halogens is 2. The van der Waals surface area contributed by atoms with Gasteiger partial charge in [-0.3, -0.25) is 9.59 Å². The fraction of sp³-hybridized carbons (Fsp3) is 0.269. The van der Waals surface area contributed by atoms with Gasteiger partial charge in [0, 0.05) is 42.8 Å². The molecule has 0 atom stereocenters. The molecule has 9 heteroatoms. The monoisotopic (exact) mass is 477 g/mol. The molecular formula is C26H25F2N5O2. The van der Waals surface area contributed by atoms with Gasteiger partial charge in [-0.25, -0.2) is 13.9 Å². The van der Waals surface area contributed by atoms with Crippen LogP contribution < -0.4 is 16.6 Å². The number of carbonyl (C=O) groups excluding carboxylic acids is 1. The Balaban J connectivity index is 1.41. The Morgan fingerprint density at radius 3 is 2.60 bits per heavy atom. The van der Waals surface area contributed by atoms with Crippen molar-refractivity contribution in [3.63, 3.8) is 0 Å². The summed E-state index contributed by atoms with van der Waals surface area (Å²) >= 11 is 0. The average molecular weight is 478 g/mol. The smallest absolute Gasteiger partial charge is 0.288 e. The Labute approximate surface area is 200 Å². The van der Waals surface area contributed by atoms with Crippen molar-refractivity contribution in [1.29, 1.82) is 0 Å². The minimum atomic E-state index is -2.73. The van der Waals surface area contributed by atoms with E-state index < -0.39 is 17.5 Å². The molecule has 1 amide bonds. The third kappa shape index (κ3) is 4.18. The van der Waals surface area contributed by atoms with Crippen molar-refractivity contribution < 1.29 is 13.6 Å². The van der Waals surface area contributed by atoms with E-state index in [2.05, 4.69) is 15.5 Å². The van der Waals surface area contributed by atoms with Gasteiger partial charge in [-0.2, -0.15) is 5.10 Å². The van der Waals surface area contributed by atoms with E-state index in [1.807, 2.05) is 56.3 Å². The first-order valence-corrected chi connectivity index (χ1v) is 11.3. The first-order chi connectivity index (χ1) is 16.6. The first kappa shape index (κ1) is 22.8. The van der Waals surface area contributed by atoms with E-state index in [-0.39, 0.29) is 30.1 Å². The highest BCUT2D eigenvalue weighted by atomic mass is 19.3. The van der Waals surface area contributed by atoms with E-state index >= 15 is 0 Å². The van der Waals surface area contributed by atoms with Crippen LogP contribution in [0, 0.1) is 13.8 Å². The number of alkyl halides is 2. The zero-order valence-corrected chi connectivity index (χ0v) is 19.4. The van der Waals surface area contributed by atoms with Gasteiger partial charge < -0.3 is 15.6 Å². The van der Waals surface area contributed by atoms with Gasteiger partial charge in [-0.1, -0.05) is 42.0 Å². The SMILES string of the molecule is Cc1ccc(C)c(C(=O)NCc2ccc(-c3cn(C4CC(F)(F)C4)c4c(=O)[nH]nc(N)c34)cc2)c1. The predicted molar refractivity (Wildman–Crippen MR) is 131 cm³/mol. The van der Waals surface area contributed by atoms with Gasteiger partial charge in [-0.05, 0) is 36.6 Å². The summed E-state index contributed by atoms with van der Waals surface area (Å²) < 4.78 is 28.7. The Hall–Kier alpha value is -4.01. The lowest BCUT2D eigenvalue weighted by Gasteiger charge is -2.36. The number of nitrogen functional groups attached to an aromatic ring is 1. The van der Waals surface area contributed by atoms with Crippen molar-refractivity contribution in [2.45, 2.75) is 45.2 Å². The lowest BCUT2D eigenvalue weighted by Crippen LogP contribution is -2.37. The van der Waals surface area contributed by atoms with Crippen molar-refractivity contribution in [2.75, 3.05) is 5.73 Å². The van der Waals surface area contributed by atoms with E-state index in [1.54, 1.807) is 10.8 Å². The molecule has 5 rings (SSSR count). The summed E-state index contributed by atoms with van der Waals surface area (Å²) in [6.07, 6.45) is 1.06. The molecule has 1 aliphatic rings. The first-order valence-electron chi connectivity index (χ1n) is 11.3. The van der Waals surface area contributed by atoms with E-state index in [4.69, 9.17) is 5.73 Å². The van der Waals surface area contributed by atoms with Crippen LogP contribution >= 0.6 is 0 Å². The van der Waals surface area contributed by atoms with E-state index in [1.165, 1.54) is 0 Å². The van der Waals surface area contributed by atoms with Crippen molar-refractivity contribution in [3.8, 4) is 11.1 Å². The molecule has 2 aromatic carbocycles. The Morgan fingerprint density at radius 1 is 1.20 bits per heavy atom. The molecule has 4 N–H and O–H groups in total. The third-order valence-corrected chi connectivity index (χ3v) is 6.60. The fourth-order valence-corrected chi connectivity index (χ4v) is 4.63. The second-order valence-electron chi connectivity index (χ2n) is 9.23. The molecular weight excluding hydrogens is 452 g/mol. The van der Waals surface area contributed by atoms with E-state index in [0.717, 1.165) is 22.3 Å². The highest BCUT2D eigenvalue weighted by molar-refractivity contribution is 6.02. The highest BCUT2D eigenvalue weighted by Crippen LogP contribution is 2.47. The fourth-order valence-electron chi connectivity index (χ4n) is 4.63. The van der Waals surface area contributed by atoms with Gasteiger partial charge in [0.25, 0.3) is 17.4 Å². The number of carbonyl (C=O) groups is 1. The summed E-state index contributed by atoms with van der Waals surface area (Å²) in [5.74, 6) is -2.74. The molecule has 1 saturated carbocycles. The zero-order chi connectivity index (χ0) is 24.9.